The molecular weight excluding hydrogens is 228 g/mol. The van der Waals surface area contributed by atoms with E-state index in [-0.39, 0.29) is 6.10 Å². The van der Waals surface area contributed by atoms with E-state index < -0.39 is 0 Å². The lowest BCUT2D eigenvalue weighted by molar-refractivity contribution is -0.0267. The molecule has 2 fully saturated rings. The third kappa shape index (κ3) is 4.19. The van der Waals surface area contributed by atoms with Crippen LogP contribution in [0.15, 0.2) is 0 Å². The van der Waals surface area contributed by atoms with Crippen molar-refractivity contribution in [3.8, 4) is 0 Å². The van der Waals surface area contributed by atoms with Crippen LogP contribution in [0.2, 0.25) is 0 Å². The molecule has 2 rings (SSSR count). The number of hydrogen-bond donors (Lipinski definition) is 2. The van der Waals surface area contributed by atoms with Crippen molar-refractivity contribution >= 4 is 0 Å². The fraction of sp³-hybridized carbons (Fsp3) is 1.00. The number of rotatable bonds is 5. The van der Waals surface area contributed by atoms with Gasteiger partial charge >= 0.3 is 0 Å². The number of aliphatic hydroxyl groups is 1. The summed E-state index contributed by atoms with van der Waals surface area (Å²) in [6.07, 6.45) is 4.84. The maximum atomic E-state index is 9.91. The highest BCUT2D eigenvalue weighted by molar-refractivity contribution is 4.78. The van der Waals surface area contributed by atoms with E-state index in [0.717, 1.165) is 45.8 Å². The summed E-state index contributed by atoms with van der Waals surface area (Å²) >= 11 is 0. The van der Waals surface area contributed by atoms with Crippen LogP contribution in [0.5, 0.6) is 0 Å². The standard InChI is InChI=1S/C14H28N2O2/c1-2-16-7-8-18-13(11-16)10-15-9-12-5-3-4-6-14(12)17/h12-15,17H,2-11H2,1H3. The predicted octanol–water partition coefficient (Wildman–Crippen LogP) is 0.848. The molecule has 1 saturated carbocycles. The van der Waals surface area contributed by atoms with Gasteiger partial charge < -0.3 is 15.2 Å². The van der Waals surface area contributed by atoms with E-state index in [1.807, 2.05) is 0 Å². The van der Waals surface area contributed by atoms with Crippen molar-refractivity contribution < 1.29 is 9.84 Å². The van der Waals surface area contributed by atoms with Crippen molar-refractivity contribution in [1.29, 1.82) is 0 Å². The summed E-state index contributed by atoms with van der Waals surface area (Å²) in [5.41, 5.74) is 0. The molecule has 0 aromatic heterocycles. The molecule has 0 aromatic carbocycles. The van der Waals surface area contributed by atoms with Crippen LogP contribution in [-0.4, -0.2) is 61.5 Å². The fourth-order valence-corrected chi connectivity index (χ4v) is 3.05. The third-order valence-corrected chi connectivity index (χ3v) is 4.32. The molecule has 2 N–H and O–H groups in total. The first kappa shape index (κ1) is 14.3. The Morgan fingerprint density at radius 2 is 2.11 bits per heavy atom. The molecule has 0 amide bonds. The molecule has 1 heterocycles. The van der Waals surface area contributed by atoms with Gasteiger partial charge in [0, 0.05) is 26.2 Å². The van der Waals surface area contributed by atoms with Gasteiger partial charge in [-0.05, 0) is 25.3 Å². The van der Waals surface area contributed by atoms with Crippen LogP contribution in [0.4, 0.5) is 0 Å². The minimum atomic E-state index is -0.0920. The van der Waals surface area contributed by atoms with Gasteiger partial charge in [-0.3, -0.25) is 4.90 Å². The fourth-order valence-electron chi connectivity index (χ4n) is 3.05. The number of likely N-dealkylation sites (N-methyl/N-ethyl adjacent to an activating group) is 1. The normalized spacial score (nSPS) is 34.7. The van der Waals surface area contributed by atoms with Gasteiger partial charge in [-0.1, -0.05) is 19.8 Å². The lowest BCUT2D eigenvalue weighted by Crippen LogP contribution is -2.47. The Bertz CT molecular complexity index is 238. The van der Waals surface area contributed by atoms with E-state index in [2.05, 4.69) is 17.1 Å². The van der Waals surface area contributed by atoms with E-state index >= 15 is 0 Å². The molecule has 106 valence electrons. The molecule has 0 aromatic rings. The first-order valence-corrected chi connectivity index (χ1v) is 7.52. The average Bonchev–Trinajstić information content (AvgIpc) is 2.41. The van der Waals surface area contributed by atoms with Gasteiger partial charge in [0.05, 0.1) is 18.8 Å². The number of aliphatic hydroxyl groups excluding tert-OH is 1. The van der Waals surface area contributed by atoms with Crippen molar-refractivity contribution in [2.75, 3.05) is 39.3 Å². The van der Waals surface area contributed by atoms with Crippen molar-refractivity contribution in [1.82, 2.24) is 10.2 Å². The summed E-state index contributed by atoms with van der Waals surface area (Å²) in [5, 5.41) is 13.4. The Balaban J connectivity index is 1.62. The summed E-state index contributed by atoms with van der Waals surface area (Å²) in [7, 11) is 0. The Morgan fingerprint density at radius 1 is 1.28 bits per heavy atom. The zero-order valence-corrected chi connectivity index (χ0v) is 11.6. The molecule has 18 heavy (non-hydrogen) atoms. The van der Waals surface area contributed by atoms with Crippen molar-refractivity contribution in [2.45, 2.75) is 44.8 Å². The molecule has 0 radical (unpaired) electrons. The van der Waals surface area contributed by atoms with Crippen LogP contribution < -0.4 is 5.32 Å². The smallest absolute Gasteiger partial charge is 0.0826 e. The second kappa shape index (κ2) is 7.43. The minimum Gasteiger partial charge on any atom is -0.393 e. The van der Waals surface area contributed by atoms with Gasteiger partial charge in [-0.25, -0.2) is 0 Å². The highest BCUT2D eigenvalue weighted by Crippen LogP contribution is 2.23. The topological polar surface area (TPSA) is 44.7 Å². The van der Waals surface area contributed by atoms with E-state index in [4.69, 9.17) is 4.74 Å². The lowest BCUT2D eigenvalue weighted by atomic mass is 9.86. The van der Waals surface area contributed by atoms with Crippen LogP contribution in [-0.2, 0) is 4.74 Å². The Morgan fingerprint density at radius 3 is 2.89 bits per heavy atom. The van der Waals surface area contributed by atoms with Crippen molar-refractivity contribution in [3.63, 3.8) is 0 Å². The van der Waals surface area contributed by atoms with E-state index in [9.17, 15) is 5.11 Å². The maximum absolute atomic E-state index is 9.91. The molecule has 4 nitrogen and oxygen atoms in total. The van der Waals surface area contributed by atoms with E-state index in [0.29, 0.717) is 12.0 Å². The summed E-state index contributed by atoms with van der Waals surface area (Å²) < 4.78 is 5.76. The summed E-state index contributed by atoms with van der Waals surface area (Å²) in [4.78, 5) is 2.44. The SMILES string of the molecule is CCN1CCOC(CNCC2CCCCC2O)C1. The molecular formula is C14H28N2O2. The van der Waals surface area contributed by atoms with Crippen molar-refractivity contribution in [2.24, 2.45) is 5.92 Å². The molecule has 3 unspecified atom stereocenters. The van der Waals surface area contributed by atoms with Gasteiger partial charge in [0.25, 0.3) is 0 Å². The number of hydrogen-bond acceptors (Lipinski definition) is 4. The average molecular weight is 256 g/mol. The number of nitrogens with one attached hydrogen (secondary N) is 1. The Labute approximate surface area is 111 Å². The second-order valence-electron chi connectivity index (χ2n) is 5.66. The molecule has 1 aliphatic carbocycles. The highest BCUT2D eigenvalue weighted by atomic mass is 16.5. The van der Waals surface area contributed by atoms with Crippen molar-refractivity contribution in [3.05, 3.63) is 0 Å². The molecule has 0 spiro atoms. The number of ether oxygens (including phenoxy) is 1. The molecule has 1 aliphatic heterocycles. The van der Waals surface area contributed by atoms with Gasteiger partial charge in [-0.2, -0.15) is 0 Å². The summed E-state index contributed by atoms with van der Waals surface area (Å²) in [6, 6.07) is 0. The van der Waals surface area contributed by atoms with Crippen LogP contribution in [0, 0.1) is 5.92 Å². The molecule has 1 saturated heterocycles. The maximum Gasteiger partial charge on any atom is 0.0826 e. The lowest BCUT2D eigenvalue weighted by Gasteiger charge is -2.33. The second-order valence-corrected chi connectivity index (χ2v) is 5.66. The third-order valence-electron chi connectivity index (χ3n) is 4.32. The summed E-state index contributed by atoms with van der Waals surface area (Å²) in [6.45, 7) is 8.12. The monoisotopic (exact) mass is 256 g/mol. The molecule has 0 bridgehead atoms. The number of nitrogens with zero attached hydrogens (tertiary/aromatic N) is 1. The molecule has 2 aliphatic rings. The van der Waals surface area contributed by atoms with E-state index in [1.54, 1.807) is 0 Å². The number of morpholine rings is 1. The first-order valence-electron chi connectivity index (χ1n) is 7.52. The van der Waals surface area contributed by atoms with Crippen LogP contribution in [0.3, 0.4) is 0 Å². The molecule has 4 heteroatoms. The van der Waals surface area contributed by atoms with E-state index in [1.165, 1.54) is 19.3 Å². The first-order chi connectivity index (χ1) is 8.79. The van der Waals surface area contributed by atoms with Crippen LogP contribution in [0.1, 0.15) is 32.6 Å². The quantitative estimate of drug-likeness (QED) is 0.765. The van der Waals surface area contributed by atoms with Gasteiger partial charge in [0.1, 0.15) is 0 Å². The highest BCUT2D eigenvalue weighted by Gasteiger charge is 2.23. The largest absolute Gasteiger partial charge is 0.393 e. The summed E-state index contributed by atoms with van der Waals surface area (Å²) in [5.74, 6) is 0.449. The minimum absolute atomic E-state index is 0.0920. The Hall–Kier alpha value is -0.160. The van der Waals surface area contributed by atoms with Gasteiger partial charge in [0.2, 0.25) is 0 Å². The molecule has 3 atom stereocenters. The van der Waals surface area contributed by atoms with Crippen LogP contribution in [0.25, 0.3) is 0 Å². The van der Waals surface area contributed by atoms with Crippen LogP contribution >= 0.6 is 0 Å². The zero-order valence-electron chi connectivity index (χ0n) is 11.6. The predicted molar refractivity (Wildman–Crippen MR) is 72.7 cm³/mol. The zero-order chi connectivity index (χ0) is 12.8. The van der Waals surface area contributed by atoms with Gasteiger partial charge in [0.15, 0.2) is 0 Å². The Kier molecular flexibility index (Phi) is 5.89. The van der Waals surface area contributed by atoms with Gasteiger partial charge in [-0.15, -0.1) is 0 Å².